The Hall–Kier alpha value is -3.54. The molecule has 11 nitrogen and oxygen atoms in total. The summed E-state index contributed by atoms with van der Waals surface area (Å²) in [6.45, 7) is 0.517. The normalized spacial score (nSPS) is 18.7. The largest absolute Gasteiger partial charge is 0.380 e. The second-order valence-corrected chi connectivity index (χ2v) is 10.0. The Morgan fingerprint density at radius 1 is 1.19 bits per heavy atom. The molecule has 1 saturated heterocycles. The van der Waals surface area contributed by atoms with Crippen LogP contribution in [-0.4, -0.2) is 64.8 Å². The van der Waals surface area contributed by atoms with Crippen LogP contribution < -0.4 is 10.6 Å². The van der Waals surface area contributed by atoms with Crippen LogP contribution >= 0.6 is 0 Å². The fourth-order valence-corrected chi connectivity index (χ4v) is 4.26. The van der Waals surface area contributed by atoms with E-state index in [1.165, 1.54) is 10.7 Å². The Morgan fingerprint density at radius 2 is 1.97 bits per heavy atom. The van der Waals surface area contributed by atoms with Crippen molar-refractivity contribution in [3.63, 3.8) is 0 Å². The number of carbonyl (C=O) groups is 4. The van der Waals surface area contributed by atoms with Crippen molar-refractivity contribution in [3.8, 4) is 0 Å². The van der Waals surface area contributed by atoms with Crippen molar-refractivity contribution in [1.82, 2.24) is 20.0 Å². The smallest absolute Gasteiger partial charge is 0.264 e. The van der Waals surface area contributed by atoms with E-state index < -0.39 is 39.5 Å². The summed E-state index contributed by atoms with van der Waals surface area (Å²) < 4.78 is 24.1. The molecule has 1 atom stereocenters. The minimum Gasteiger partial charge on any atom is -0.380 e. The lowest BCUT2D eigenvalue weighted by Gasteiger charge is -2.27. The molecule has 0 bridgehead atoms. The molecular weight excluding hydrogens is 438 g/mol. The number of anilines is 1. The number of amides is 4. The molecule has 2 N–H and O–H groups in total. The van der Waals surface area contributed by atoms with Gasteiger partial charge in [-0.15, -0.1) is 0 Å². The maximum Gasteiger partial charge on any atom is 0.264 e. The van der Waals surface area contributed by atoms with Gasteiger partial charge < -0.3 is 5.32 Å². The predicted molar refractivity (Wildman–Crippen MR) is 112 cm³/mol. The molecule has 2 aliphatic heterocycles. The summed E-state index contributed by atoms with van der Waals surface area (Å²) in [5.41, 5.74) is 1.55. The van der Waals surface area contributed by atoms with Crippen LogP contribution in [0.5, 0.6) is 0 Å². The molecule has 2 aliphatic rings. The first kappa shape index (κ1) is 21.7. The van der Waals surface area contributed by atoms with E-state index in [1.54, 1.807) is 24.5 Å². The molecule has 0 aliphatic carbocycles. The second kappa shape index (κ2) is 8.19. The summed E-state index contributed by atoms with van der Waals surface area (Å²) in [4.78, 5) is 50.5. The van der Waals surface area contributed by atoms with E-state index in [4.69, 9.17) is 0 Å². The summed E-state index contributed by atoms with van der Waals surface area (Å²) in [6.07, 6.45) is 4.58. The minimum atomic E-state index is -3.11. The number of fused-ring (bicyclic) bond motifs is 1. The monoisotopic (exact) mass is 459 g/mol. The molecule has 168 valence electrons. The van der Waals surface area contributed by atoms with Gasteiger partial charge in [0.05, 0.1) is 29.6 Å². The third kappa shape index (κ3) is 4.26. The third-order valence-electron chi connectivity index (χ3n) is 5.33. The predicted octanol–water partition coefficient (Wildman–Crippen LogP) is -0.0590. The number of nitrogens with one attached hydrogen (secondary N) is 2. The molecule has 4 amide bonds. The zero-order valence-electron chi connectivity index (χ0n) is 17.2. The van der Waals surface area contributed by atoms with E-state index in [1.807, 2.05) is 0 Å². The maximum atomic E-state index is 13.1. The zero-order chi connectivity index (χ0) is 23.0. The van der Waals surface area contributed by atoms with E-state index in [0.717, 1.165) is 16.7 Å². The summed E-state index contributed by atoms with van der Waals surface area (Å²) in [7, 11) is -3.11. The minimum absolute atomic E-state index is 0.0273. The fourth-order valence-electron chi connectivity index (χ4n) is 3.74. The first-order valence-electron chi connectivity index (χ1n) is 9.91. The van der Waals surface area contributed by atoms with Crippen LogP contribution in [0.1, 0.15) is 39.1 Å². The van der Waals surface area contributed by atoms with Crippen molar-refractivity contribution in [2.45, 2.75) is 32.0 Å². The van der Waals surface area contributed by atoms with Crippen molar-refractivity contribution >= 4 is 39.2 Å². The summed E-state index contributed by atoms with van der Waals surface area (Å²) in [5, 5.41) is 9.41. The van der Waals surface area contributed by atoms with E-state index in [0.29, 0.717) is 5.69 Å². The highest BCUT2D eigenvalue weighted by atomic mass is 32.2. The number of aryl methyl sites for hydroxylation is 1. The number of piperidine rings is 1. The van der Waals surface area contributed by atoms with Crippen LogP contribution in [-0.2, 0) is 32.5 Å². The van der Waals surface area contributed by atoms with E-state index >= 15 is 0 Å². The summed E-state index contributed by atoms with van der Waals surface area (Å²) in [6, 6.07) is 3.79. The van der Waals surface area contributed by atoms with Gasteiger partial charge in [-0.05, 0) is 18.6 Å². The van der Waals surface area contributed by atoms with Gasteiger partial charge in [0.25, 0.3) is 11.8 Å². The second-order valence-electron chi connectivity index (χ2n) is 7.77. The van der Waals surface area contributed by atoms with Crippen molar-refractivity contribution in [3.05, 3.63) is 47.3 Å². The molecule has 1 aromatic carbocycles. The van der Waals surface area contributed by atoms with Gasteiger partial charge in [-0.25, -0.2) is 8.42 Å². The highest BCUT2D eigenvalue weighted by molar-refractivity contribution is 7.90. The van der Waals surface area contributed by atoms with E-state index in [-0.39, 0.29) is 42.8 Å². The Morgan fingerprint density at radius 3 is 2.69 bits per heavy atom. The van der Waals surface area contributed by atoms with Gasteiger partial charge in [-0.3, -0.25) is 34.1 Å². The first-order chi connectivity index (χ1) is 15.1. The molecule has 2 aromatic rings. The lowest BCUT2D eigenvalue weighted by molar-refractivity contribution is -0.136. The molecule has 32 heavy (non-hydrogen) atoms. The summed E-state index contributed by atoms with van der Waals surface area (Å²) >= 11 is 0. The van der Waals surface area contributed by atoms with Gasteiger partial charge in [-0.1, -0.05) is 6.07 Å². The maximum absolute atomic E-state index is 13.1. The molecule has 12 heteroatoms. The third-order valence-corrected chi connectivity index (χ3v) is 6.25. The molecule has 1 aromatic heterocycles. The SMILES string of the molecule is CS(=O)(=O)CCn1cc(CNc2cccc3c2C(=O)N(C2CCC(=O)NC2=O)C3=O)cn1. The average molecular weight is 459 g/mol. The van der Waals surface area contributed by atoms with Crippen molar-refractivity contribution in [2.75, 3.05) is 17.3 Å². The van der Waals surface area contributed by atoms with Gasteiger partial charge in [0, 0.05) is 36.7 Å². The van der Waals surface area contributed by atoms with Gasteiger partial charge in [-0.2, -0.15) is 5.10 Å². The fraction of sp³-hybridized carbons (Fsp3) is 0.350. The quantitative estimate of drug-likeness (QED) is 0.547. The Labute approximate surface area is 183 Å². The topological polar surface area (TPSA) is 148 Å². The zero-order valence-corrected chi connectivity index (χ0v) is 18.0. The van der Waals surface area contributed by atoms with Crippen LogP contribution in [0.4, 0.5) is 5.69 Å². The number of hydrogen-bond donors (Lipinski definition) is 2. The van der Waals surface area contributed by atoms with Crippen LogP contribution in [0, 0.1) is 0 Å². The Balaban J connectivity index is 1.50. The van der Waals surface area contributed by atoms with Gasteiger partial charge >= 0.3 is 0 Å². The number of imide groups is 2. The molecule has 1 unspecified atom stereocenters. The number of aromatic nitrogens is 2. The number of carbonyl (C=O) groups excluding carboxylic acids is 4. The van der Waals surface area contributed by atoms with Crippen molar-refractivity contribution < 1.29 is 27.6 Å². The Kier molecular flexibility index (Phi) is 5.55. The molecule has 3 heterocycles. The molecule has 0 spiro atoms. The lowest BCUT2D eigenvalue weighted by Crippen LogP contribution is -2.54. The highest BCUT2D eigenvalue weighted by Gasteiger charge is 2.45. The first-order valence-corrected chi connectivity index (χ1v) is 12.0. The van der Waals surface area contributed by atoms with Crippen molar-refractivity contribution in [2.24, 2.45) is 0 Å². The van der Waals surface area contributed by atoms with E-state index in [9.17, 15) is 27.6 Å². The van der Waals surface area contributed by atoms with E-state index in [2.05, 4.69) is 15.7 Å². The van der Waals surface area contributed by atoms with Gasteiger partial charge in [0.2, 0.25) is 11.8 Å². The van der Waals surface area contributed by atoms with Gasteiger partial charge in [0.1, 0.15) is 15.9 Å². The van der Waals surface area contributed by atoms with Crippen LogP contribution in [0.25, 0.3) is 0 Å². The number of nitrogens with zero attached hydrogens (tertiary/aromatic N) is 3. The van der Waals surface area contributed by atoms with Gasteiger partial charge in [0.15, 0.2) is 0 Å². The molecule has 4 rings (SSSR count). The van der Waals surface area contributed by atoms with Crippen LogP contribution in [0.15, 0.2) is 30.6 Å². The Bertz CT molecular complexity index is 1230. The molecule has 0 saturated carbocycles. The standard InChI is InChI=1S/C20H21N5O6S/c1-32(30,31)8-7-24-11-12(10-22-24)9-21-14-4-2-3-13-17(14)20(29)25(19(13)28)15-5-6-16(26)23-18(15)27/h2-4,10-11,15,21H,5-9H2,1H3,(H,23,26,27). The summed E-state index contributed by atoms with van der Waals surface area (Å²) in [5.74, 6) is -2.28. The molecule has 0 radical (unpaired) electrons. The number of benzene rings is 1. The molecule has 1 fully saturated rings. The highest BCUT2D eigenvalue weighted by Crippen LogP contribution is 2.32. The average Bonchev–Trinajstić information content (AvgIpc) is 3.28. The number of rotatable bonds is 7. The van der Waals surface area contributed by atoms with Crippen LogP contribution in [0.2, 0.25) is 0 Å². The lowest BCUT2D eigenvalue weighted by atomic mass is 10.0. The van der Waals surface area contributed by atoms with Crippen molar-refractivity contribution in [1.29, 1.82) is 0 Å². The molecular formula is C20H21N5O6S. The number of hydrogen-bond acceptors (Lipinski definition) is 8. The van der Waals surface area contributed by atoms with Crippen LogP contribution in [0.3, 0.4) is 0 Å². The number of sulfone groups is 1.